The number of fused-ring (bicyclic) bond motifs is 1. The maximum Gasteiger partial charge on any atom is 0.174 e. The smallest absolute Gasteiger partial charge is 0.174 e. The summed E-state index contributed by atoms with van der Waals surface area (Å²) < 4.78 is 2.32. The van der Waals surface area contributed by atoms with Gasteiger partial charge in [-0.2, -0.15) is 0 Å². The molecule has 0 amide bonds. The molecule has 1 aliphatic carbocycles. The van der Waals surface area contributed by atoms with Gasteiger partial charge in [0.15, 0.2) is 11.6 Å². The number of nitrogens with zero attached hydrogens (tertiary/aromatic N) is 3. The molecule has 18 heavy (non-hydrogen) atoms. The van der Waals surface area contributed by atoms with Crippen molar-refractivity contribution in [2.75, 3.05) is 6.54 Å². The average molecular weight is 260 g/mol. The van der Waals surface area contributed by atoms with Crippen molar-refractivity contribution < 1.29 is 0 Å². The first-order chi connectivity index (χ1) is 8.84. The van der Waals surface area contributed by atoms with E-state index in [0.717, 1.165) is 30.7 Å². The molecule has 0 spiro atoms. The van der Waals surface area contributed by atoms with Crippen molar-refractivity contribution in [3.63, 3.8) is 0 Å². The Kier molecular flexibility index (Phi) is 2.32. The second kappa shape index (κ2) is 3.90. The number of aromatic nitrogens is 3. The summed E-state index contributed by atoms with van der Waals surface area (Å²) in [5.41, 5.74) is 1.30. The zero-order chi connectivity index (χ0) is 12.1. The quantitative estimate of drug-likeness (QED) is 0.901. The maximum absolute atomic E-state index is 4.45. The third-order valence-electron chi connectivity index (χ3n) is 3.92. The lowest BCUT2D eigenvalue weighted by molar-refractivity contribution is 0.383. The van der Waals surface area contributed by atoms with Gasteiger partial charge in [-0.1, -0.05) is 0 Å². The van der Waals surface area contributed by atoms with Crippen molar-refractivity contribution in [2.24, 2.45) is 5.92 Å². The molecule has 0 aromatic carbocycles. The van der Waals surface area contributed by atoms with Crippen LogP contribution in [0.2, 0.25) is 0 Å². The first kappa shape index (κ1) is 10.7. The molecule has 0 radical (unpaired) electrons. The van der Waals surface area contributed by atoms with Gasteiger partial charge in [-0.15, -0.1) is 21.5 Å². The monoisotopic (exact) mass is 260 g/mol. The Balaban J connectivity index is 1.80. The Morgan fingerprint density at radius 3 is 3.00 bits per heavy atom. The van der Waals surface area contributed by atoms with Gasteiger partial charge in [-0.25, -0.2) is 0 Å². The summed E-state index contributed by atoms with van der Waals surface area (Å²) in [6, 6.07) is 2.58. The van der Waals surface area contributed by atoms with Crippen LogP contribution >= 0.6 is 11.3 Å². The van der Waals surface area contributed by atoms with E-state index in [2.05, 4.69) is 38.5 Å². The number of aryl methyl sites for hydroxylation is 1. The van der Waals surface area contributed by atoms with Gasteiger partial charge >= 0.3 is 0 Å². The highest BCUT2D eigenvalue weighted by Gasteiger charge is 2.37. The van der Waals surface area contributed by atoms with Crippen molar-refractivity contribution in [2.45, 2.75) is 32.4 Å². The van der Waals surface area contributed by atoms with Crippen molar-refractivity contribution in [1.82, 2.24) is 20.1 Å². The normalized spacial score (nSPS) is 23.1. The molecule has 94 valence electrons. The molecule has 1 unspecified atom stereocenters. The molecular formula is C13H16N4S. The summed E-state index contributed by atoms with van der Waals surface area (Å²) in [6.07, 6.45) is 2.66. The molecule has 5 heteroatoms. The molecule has 1 N–H and O–H groups in total. The molecule has 1 aliphatic heterocycles. The highest BCUT2D eigenvalue weighted by molar-refractivity contribution is 7.13. The van der Waals surface area contributed by atoms with Gasteiger partial charge in [0.25, 0.3) is 0 Å². The first-order valence-electron chi connectivity index (χ1n) is 6.55. The van der Waals surface area contributed by atoms with Crippen LogP contribution in [-0.4, -0.2) is 21.3 Å². The van der Waals surface area contributed by atoms with E-state index in [-0.39, 0.29) is 0 Å². The molecule has 2 aromatic rings. The minimum atomic E-state index is 0.431. The Morgan fingerprint density at radius 1 is 1.39 bits per heavy atom. The van der Waals surface area contributed by atoms with Crippen LogP contribution in [0.5, 0.6) is 0 Å². The lowest BCUT2D eigenvalue weighted by atomic mass is 10.1. The van der Waals surface area contributed by atoms with Gasteiger partial charge in [-0.05, 0) is 42.7 Å². The predicted octanol–water partition coefficient (Wildman–Crippen LogP) is 2.37. The Morgan fingerprint density at radius 2 is 2.28 bits per heavy atom. The molecule has 0 saturated heterocycles. The van der Waals surface area contributed by atoms with Crippen LogP contribution in [0.3, 0.4) is 0 Å². The zero-order valence-corrected chi connectivity index (χ0v) is 11.2. The largest absolute Gasteiger partial charge is 0.308 e. The molecule has 1 saturated carbocycles. The van der Waals surface area contributed by atoms with Crippen molar-refractivity contribution in [3.8, 4) is 10.7 Å². The van der Waals surface area contributed by atoms with Gasteiger partial charge in [0.2, 0.25) is 0 Å². The SMILES string of the molecule is Cc1ccsc1-c1nnc2n1CCNC2C1CC1. The molecule has 1 fully saturated rings. The van der Waals surface area contributed by atoms with Crippen LogP contribution in [0.25, 0.3) is 10.7 Å². The molecule has 1 atom stereocenters. The third-order valence-corrected chi connectivity index (χ3v) is 4.93. The Labute approximate surface area is 110 Å². The number of nitrogens with one attached hydrogen (secondary N) is 1. The third kappa shape index (κ3) is 1.54. The van der Waals surface area contributed by atoms with E-state index in [0.29, 0.717) is 6.04 Å². The minimum absolute atomic E-state index is 0.431. The van der Waals surface area contributed by atoms with Crippen LogP contribution in [0.4, 0.5) is 0 Å². The second-order valence-electron chi connectivity index (χ2n) is 5.24. The van der Waals surface area contributed by atoms with E-state index >= 15 is 0 Å². The topological polar surface area (TPSA) is 42.7 Å². The summed E-state index contributed by atoms with van der Waals surface area (Å²) in [6.45, 7) is 4.16. The lowest BCUT2D eigenvalue weighted by Crippen LogP contribution is -2.35. The number of hydrogen-bond acceptors (Lipinski definition) is 4. The van der Waals surface area contributed by atoms with Crippen LogP contribution in [0.1, 0.15) is 30.3 Å². The molecular weight excluding hydrogens is 244 g/mol. The van der Waals surface area contributed by atoms with Gasteiger partial charge in [0.1, 0.15) is 0 Å². The molecule has 2 aliphatic rings. The summed E-state index contributed by atoms with van der Waals surface area (Å²) >= 11 is 1.76. The van der Waals surface area contributed by atoms with Crippen molar-refractivity contribution >= 4 is 11.3 Å². The van der Waals surface area contributed by atoms with Crippen LogP contribution < -0.4 is 5.32 Å². The minimum Gasteiger partial charge on any atom is -0.308 e. The highest BCUT2D eigenvalue weighted by Crippen LogP contribution is 2.42. The fraction of sp³-hybridized carbons (Fsp3) is 0.538. The van der Waals surface area contributed by atoms with Crippen molar-refractivity contribution in [1.29, 1.82) is 0 Å². The molecule has 3 heterocycles. The van der Waals surface area contributed by atoms with Crippen LogP contribution in [0, 0.1) is 12.8 Å². The van der Waals surface area contributed by atoms with E-state index < -0.39 is 0 Å². The van der Waals surface area contributed by atoms with Gasteiger partial charge in [0, 0.05) is 13.1 Å². The number of rotatable bonds is 2. The van der Waals surface area contributed by atoms with E-state index in [4.69, 9.17) is 0 Å². The fourth-order valence-electron chi connectivity index (χ4n) is 2.77. The standard InChI is InChI=1S/C13H16N4S/c1-8-4-7-18-11(8)13-16-15-12-10(9-2-3-9)14-5-6-17(12)13/h4,7,9-10,14H,2-3,5-6H2,1H3. The second-order valence-corrected chi connectivity index (χ2v) is 6.15. The summed E-state index contributed by atoms with van der Waals surface area (Å²) in [5, 5.41) is 14.6. The molecule has 4 rings (SSSR count). The Hall–Kier alpha value is -1.20. The zero-order valence-electron chi connectivity index (χ0n) is 10.4. The van der Waals surface area contributed by atoms with Gasteiger partial charge < -0.3 is 9.88 Å². The molecule has 2 aromatic heterocycles. The predicted molar refractivity (Wildman–Crippen MR) is 71.5 cm³/mol. The van der Waals surface area contributed by atoms with Crippen LogP contribution in [-0.2, 0) is 6.54 Å². The summed E-state index contributed by atoms with van der Waals surface area (Å²) in [7, 11) is 0. The summed E-state index contributed by atoms with van der Waals surface area (Å²) in [5.74, 6) is 2.99. The van der Waals surface area contributed by atoms with E-state index in [1.807, 2.05) is 0 Å². The Bertz CT molecular complexity index is 582. The highest BCUT2D eigenvalue weighted by atomic mass is 32.1. The first-order valence-corrected chi connectivity index (χ1v) is 7.43. The van der Waals surface area contributed by atoms with Crippen molar-refractivity contribution in [3.05, 3.63) is 22.8 Å². The fourth-order valence-corrected chi connectivity index (χ4v) is 3.68. The van der Waals surface area contributed by atoms with Crippen LogP contribution in [0.15, 0.2) is 11.4 Å². The number of hydrogen-bond donors (Lipinski definition) is 1. The molecule has 4 nitrogen and oxygen atoms in total. The van der Waals surface area contributed by atoms with Gasteiger partial charge in [0.05, 0.1) is 10.9 Å². The van der Waals surface area contributed by atoms with E-state index in [1.54, 1.807) is 11.3 Å². The van der Waals surface area contributed by atoms with E-state index in [1.165, 1.54) is 23.3 Å². The molecule has 0 bridgehead atoms. The maximum atomic E-state index is 4.45. The lowest BCUT2D eigenvalue weighted by Gasteiger charge is -2.24. The van der Waals surface area contributed by atoms with Gasteiger partial charge in [-0.3, -0.25) is 0 Å². The van der Waals surface area contributed by atoms with E-state index in [9.17, 15) is 0 Å². The number of thiophene rings is 1. The summed E-state index contributed by atoms with van der Waals surface area (Å²) in [4.78, 5) is 1.27. The average Bonchev–Trinajstić information content (AvgIpc) is 3.01.